The molecule has 0 unspecified atom stereocenters. The molecule has 96 valence electrons. The van der Waals surface area contributed by atoms with E-state index in [0.717, 1.165) is 11.1 Å². The standard InChI is InChI=1S/C15H13ClN2O/c16-14-4-5-15(13(7-14)9-18)19-10-12-3-1-2-11(6-12)8-17/h1-7H,9-10,18H2. The lowest BCUT2D eigenvalue weighted by Crippen LogP contribution is -2.02. The minimum absolute atomic E-state index is 0.369. The van der Waals surface area contributed by atoms with Gasteiger partial charge in [0.15, 0.2) is 0 Å². The first-order valence-electron chi connectivity index (χ1n) is 5.83. The van der Waals surface area contributed by atoms with Crippen LogP contribution in [0.5, 0.6) is 5.75 Å². The van der Waals surface area contributed by atoms with Crippen molar-refractivity contribution in [2.45, 2.75) is 13.2 Å². The van der Waals surface area contributed by atoms with E-state index in [9.17, 15) is 0 Å². The molecule has 0 fully saturated rings. The molecule has 0 heterocycles. The lowest BCUT2D eigenvalue weighted by atomic mass is 10.1. The number of nitrogens with zero attached hydrogens (tertiary/aromatic N) is 1. The lowest BCUT2D eigenvalue weighted by molar-refractivity contribution is 0.303. The summed E-state index contributed by atoms with van der Waals surface area (Å²) in [7, 11) is 0. The third-order valence-corrected chi connectivity index (χ3v) is 2.93. The number of nitrogens with two attached hydrogens (primary N) is 1. The Morgan fingerprint density at radius 1 is 1.21 bits per heavy atom. The van der Waals surface area contributed by atoms with E-state index in [1.807, 2.05) is 12.1 Å². The number of hydrogen-bond acceptors (Lipinski definition) is 3. The Morgan fingerprint density at radius 3 is 2.79 bits per heavy atom. The zero-order valence-electron chi connectivity index (χ0n) is 10.3. The molecule has 0 aliphatic heterocycles. The Balaban J connectivity index is 2.12. The Hall–Kier alpha value is -2.02. The molecule has 4 heteroatoms. The van der Waals surface area contributed by atoms with Gasteiger partial charge in [-0.05, 0) is 35.9 Å². The maximum atomic E-state index is 8.84. The molecule has 0 spiro atoms. The van der Waals surface area contributed by atoms with Gasteiger partial charge in [0.1, 0.15) is 12.4 Å². The molecule has 2 aromatic rings. The highest BCUT2D eigenvalue weighted by atomic mass is 35.5. The van der Waals surface area contributed by atoms with Crippen LogP contribution in [0.25, 0.3) is 0 Å². The molecule has 0 saturated carbocycles. The maximum absolute atomic E-state index is 8.84. The quantitative estimate of drug-likeness (QED) is 0.929. The Morgan fingerprint density at radius 2 is 2.05 bits per heavy atom. The number of benzene rings is 2. The van der Waals surface area contributed by atoms with Gasteiger partial charge in [0.2, 0.25) is 0 Å². The van der Waals surface area contributed by atoms with Gasteiger partial charge in [-0.2, -0.15) is 5.26 Å². The smallest absolute Gasteiger partial charge is 0.124 e. The summed E-state index contributed by atoms with van der Waals surface area (Å²) in [6.45, 7) is 0.762. The van der Waals surface area contributed by atoms with E-state index in [0.29, 0.717) is 29.5 Å². The number of hydrogen-bond donors (Lipinski definition) is 1. The SMILES string of the molecule is N#Cc1cccc(COc2ccc(Cl)cc2CN)c1. The summed E-state index contributed by atoms with van der Waals surface area (Å²) in [5, 5.41) is 9.48. The molecule has 0 aliphatic rings. The molecule has 0 radical (unpaired) electrons. The van der Waals surface area contributed by atoms with Crippen LogP contribution in [0, 0.1) is 11.3 Å². The summed E-state index contributed by atoms with van der Waals surface area (Å²) in [5.41, 5.74) is 8.08. The van der Waals surface area contributed by atoms with Crippen molar-refractivity contribution in [2.24, 2.45) is 5.73 Å². The van der Waals surface area contributed by atoms with E-state index in [4.69, 9.17) is 27.3 Å². The summed E-state index contributed by atoms with van der Waals surface area (Å²) < 4.78 is 5.72. The fourth-order valence-electron chi connectivity index (χ4n) is 1.74. The molecule has 0 bridgehead atoms. The average Bonchev–Trinajstić information content (AvgIpc) is 2.46. The van der Waals surface area contributed by atoms with Gasteiger partial charge in [-0.1, -0.05) is 23.7 Å². The van der Waals surface area contributed by atoms with Crippen molar-refractivity contribution in [3.63, 3.8) is 0 Å². The van der Waals surface area contributed by atoms with Gasteiger partial charge in [-0.15, -0.1) is 0 Å². The monoisotopic (exact) mass is 272 g/mol. The second-order valence-corrected chi connectivity index (χ2v) is 4.49. The van der Waals surface area contributed by atoms with E-state index in [1.165, 1.54) is 0 Å². The molecular weight excluding hydrogens is 260 g/mol. The minimum Gasteiger partial charge on any atom is -0.489 e. The van der Waals surface area contributed by atoms with Crippen molar-refractivity contribution >= 4 is 11.6 Å². The first kappa shape index (κ1) is 13.4. The largest absolute Gasteiger partial charge is 0.489 e. The summed E-state index contributed by atoms with van der Waals surface area (Å²) in [6.07, 6.45) is 0. The highest BCUT2D eigenvalue weighted by Gasteiger charge is 2.04. The molecular formula is C15H13ClN2O. The van der Waals surface area contributed by atoms with Gasteiger partial charge in [0, 0.05) is 17.1 Å². The van der Waals surface area contributed by atoms with Crippen LogP contribution in [-0.2, 0) is 13.2 Å². The third-order valence-electron chi connectivity index (χ3n) is 2.69. The molecule has 2 N–H and O–H groups in total. The summed E-state index contributed by atoms with van der Waals surface area (Å²) in [6, 6.07) is 14.8. The molecule has 19 heavy (non-hydrogen) atoms. The van der Waals surface area contributed by atoms with Crippen LogP contribution in [0.2, 0.25) is 5.02 Å². The maximum Gasteiger partial charge on any atom is 0.124 e. The number of halogens is 1. The molecule has 3 nitrogen and oxygen atoms in total. The fourth-order valence-corrected chi connectivity index (χ4v) is 1.93. The van der Waals surface area contributed by atoms with Crippen LogP contribution >= 0.6 is 11.6 Å². The highest BCUT2D eigenvalue weighted by molar-refractivity contribution is 6.30. The zero-order chi connectivity index (χ0) is 13.7. The second kappa shape index (κ2) is 6.24. The molecule has 2 rings (SSSR count). The van der Waals surface area contributed by atoms with E-state index >= 15 is 0 Å². The number of ether oxygens (including phenoxy) is 1. The molecule has 0 aliphatic carbocycles. The molecule has 0 atom stereocenters. The topological polar surface area (TPSA) is 59.0 Å². The fraction of sp³-hybridized carbons (Fsp3) is 0.133. The van der Waals surface area contributed by atoms with Gasteiger partial charge in [0.05, 0.1) is 11.6 Å². The van der Waals surface area contributed by atoms with Crippen LogP contribution in [0.1, 0.15) is 16.7 Å². The van der Waals surface area contributed by atoms with Crippen molar-refractivity contribution in [2.75, 3.05) is 0 Å². The van der Waals surface area contributed by atoms with Crippen LogP contribution in [0.15, 0.2) is 42.5 Å². The Labute approximate surface area is 117 Å². The van der Waals surface area contributed by atoms with Gasteiger partial charge in [-0.3, -0.25) is 0 Å². The predicted molar refractivity (Wildman–Crippen MR) is 74.8 cm³/mol. The van der Waals surface area contributed by atoms with Crippen LogP contribution < -0.4 is 10.5 Å². The van der Waals surface area contributed by atoms with E-state index in [2.05, 4.69) is 6.07 Å². The van der Waals surface area contributed by atoms with Crippen molar-refractivity contribution in [1.29, 1.82) is 5.26 Å². The zero-order valence-corrected chi connectivity index (χ0v) is 11.0. The summed E-state index contributed by atoms with van der Waals surface area (Å²) in [4.78, 5) is 0. The first-order valence-corrected chi connectivity index (χ1v) is 6.21. The van der Waals surface area contributed by atoms with Crippen molar-refractivity contribution in [1.82, 2.24) is 0 Å². The van der Waals surface area contributed by atoms with E-state index in [1.54, 1.807) is 30.3 Å². The molecule has 0 amide bonds. The van der Waals surface area contributed by atoms with Gasteiger partial charge in [0.25, 0.3) is 0 Å². The number of nitriles is 1. The predicted octanol–water partition coefficient (Wildman–Crippen LogP) is 3.25. The van der Waals surface area contributed by atoms with Crippen molar-refractivity contribution in [3.8, 4) is 11.8 Å². The molecule has 0 saturated heterocycles. The second-order valence-electron chi connectivity index (χ2n) is 4.06. The van der Waals surface area contributed by atoms with E-state index < -0.39 is 0 Å². The lowest BCUT2D eigenvalue weighted by Gasteiger charge is -2.11. The van der Waals surface area contributed by atoms with Crippen molar-refractivity contribution in [3.05, 3.63) is 64.2 Å². The van der Waals surface area contributed by atoms with Crippen LogP contribution in [-0.4, -0.2) is 0 Å². The highest BCUT2D eigenvalue weighted by Crippen LogP contribution is 2.23. The normalized spacial score (nSPS) is 9.95. The Bertz CT molecular complexity index is 620. The van der Waals surface area contributed by atoms with Crippen molar-refractivity contribution < 1.29 is 4.74 Å². The molecule has 2 aromatic carbocycles. The first-order chi connectivity index (χ1) is 9.22. The third kappa shape index (κ3) is 3.47. The number of rotatable bonds is 4. The van der Waals surface area contributed by atoms with Gasteiger partial charge >= 0.3 is 0 Å². The van der Waals surface area contributed by atoms with Gasteiger partial charge in [-0.25, -0.2) is 0 Å². The molecule has 0 aromatic heterocycles. The van der Waals surface area contributed by atoms with Gasteiger partial charge < -0.3 is 10.5 Å². The summed E-state index contributed by atoms with van der Waals surface area (Å²) in [5.74, 6) is 0.717. The van der Waals surface area contributed by atoms with Crippen LogP contribution in [0.3, 0.4) is 0 Å². The average molecular weight is 273 g/mol. The van der Waals surface area contributed by atoms with E-state index in [-0.39, 0.29) is 0 Å². The Kier molecular flexibility index (Phi) is 4.40. The summed E-state index contributed by atoms with van der Waals surface area (Å²) >= 11 is 5.91. The van der Waals surface area contributed by atoms with Crippen LogP contribution in [0.4, 0.5) is 0 Å². The minimum atomic E-state index is 0.369.